The number of aromatic nitrogens is 3. The summed E-state index contributed by atoms with van der Waals surface area (Å²) in [7, 11) is 0. The Kier molecular flexibility index (Phi) is 5.03. The molecule has 0 aromatic carbocycles. The number of nitrogens with two attached hydrogens (primary N) is 1. The predicted molar refractivity (Wildman–Crippen MR) is 89.2 cm³/mol. The Bertz CT molecular complexity index is 760. The molecule has 0 radical (unpaired) electrons. The van der Waals surface area contributed by atoms with Crippen LogP contribution in [0, 0.1) is 0 Å². The molecule has 3 heterocycles. The SMILES string of the molecule is Cl.Nc1ccc(C(=O)Nc2nc(-c3ccccn3)cs2)nc1. The van der Waals surface area contributed by atoms with Crippen LogP contribution in [0.2, 0.25) is 0 Å². The average Bonchev–Trinajstić information content (AvgIpc) is 2.97. The number of pyridine rings is 2. The maximum Gasteiger partial charge on any atom is 0.276 e. The van der Waals surface area contributed by atoms with Gasteiger partial charge in [0.15, 0.2) is 5.13 Å². The number of nitrogens with one attached hydrogen (secondary N) is 1. The molecule has 3 aromatic rings. The van der Waals surface area contributed by atoms with Crippen molar-refractivity contribution in [3.05, 3.63) is 53.8 Å². The maximum absolute atomic E-state index is 12.0. The van der Waals surface area contributed by atoms with Crippen molar-refractivity contribution in [2.24, 2.45) is 0 Å². The van der Waals surface area contributed by atoms with Gasteiger partial charge < -0.3 is 5.73 Å². The zero-order valence-corrected chi connectivity index (χ0v) is 12.9. The van der Waals surface area contributed by atoms with Crippen LogP contribution in [0.15, 0.2) is 48.1 Å². The van der Waals surface area contributed by atoms with Crippen molar-refractivity contribution in [2.45, 2.75) is 0 Å². The number of rotatable bonds is 3. The van der Waals surface area contributed by atoms with Crippen LogP contribution in [0.3, 0.4) is 0 Å². The second kappa shape index (κ2) is 6.97. The Morgan fingerprint density at radius 2 is 2.00 bits per heavy atom. The number of nitrogen functional groups attached to an aromatic ring is 1. The highest BCUT2D eigenvalue weighted by molar-refractivity contribution is 7.14. The van der Waals surface area contributed by atoms with Gasteiger partial charge in [0.25, 0.3) is 5.91 Å². The molecule has 1 amide bonds. The first kappa shape index (κ1) is 15.9. The summed E-state index contributed by atoms with van der Waals surface area (Å²) >= 11 is 1.34. The summed E-state index contributed by atoms with van der Waals surface area (Å²) in [4.78, 5) is 24.5. The molecule has 0 saturated heterocycles. The number of amides is 1. The molecule has 0 aliphatic rings. The molecule has 0 bridgehead atoms. The molecule has 8 heteroatoms. The summed E-state index contributed by atoms with van der Waals surface area (Å²) in [6.07, 6.45) is 3.14. The second-order valence-corrected chi connectivity index (χ2v) is 5.04. The van der Waals surface area contributed by atoms with E-state index in [-0.39, 0.29) is 18.3 Å². The number of halogens is 1. The predicted octanol–water partition coefficient (Wildman–Crippen LogP) is 2.86. The lowest BCUT2D eigenvalue weighted by molar-refractivity contribution is 0.102. The number of hydrogen-bond acceptors (Lipinski definition) is 6. The summed E-state index contributed by atoms with van der Waals surface area (Å²) in [5, 5.41) is 5.05. The van der Waals surface area contributed by atoms with Gasteiger partial charge >= 0.3 is 0 Å². The van der Waals surface area contributed by atoms with Crippen LogP contribution < -0.4 is 11.1 Å². The van der Waals surface area contributed by atoms with E-state index >= 15 is 0 Å². The smallest absolute Gasteiger partial charge is 0.276 e. The number of hydrogen-bond donors (Lipinski definition) is 2. The van der Waals surface area contributed by atoms with Crippen LogP contribution in [0.25, 0.3) is 11.4 Å². The third-order valence-electron chi connectivity index (χ3n) is 2.67. The Labute approximate surface area is 136 Å². The molecule has 6 nitrogen and oxygen atoms in total. The van der Waals surface area contributed by atoms with E-state index in [0.29, 0.717) is 16.5 Å². The molecule has 0 fully saturated rings. The molecule has 0 atom stereocenters. The molecule has 0 aliphatic heterocycles. The Morgan fingerprint density at radius 1 is 1.14 bits per heavy atom. The fourth-order valence-corrected chi connectivity index (χ4v) is 2.36. The quantitative estimate of drug-likeness (QED) is 0.768. The summed E-state index contributed by atoms with van der Waals surface area (Å²) in [6.45, 7) is 0. The largest absolute Gasteiger partial charge is 0.397 e. The van der Waals surface area contributed by atoms with Crippen molar-refractivity contribution in [1.29, 1.82) is 0 Å². The molecule has 3 aromatic heterocycles. The van der Waals surface area contributed by atoms with Crippen LogP contribution in [0.4, 0.5) is 10.8 Å². The van der Waals surface area contributed by atoms with Crippen molar-refractivity contribution in [3.63, 3.8) is 0 Å². The fraction of sp³-hybridized carbons (Fsp3) is 0. The molecule has 0 saturated carbocycles. The molecular weight excluding hydrogens is 322 g/mol. The molecule has 0 aliphatic carbocycles. The fourth-order valence-electron chi connectivity index (χ4n) is 1.66. The van der Waals surface area contributed by atoms with Crippen molar-refractivity contribution < 1.29 is 4.79 Å². The van der Waals surface area contributed by atoms with Crippen LogP contribution >= 0.6 is 23.7 Å². The van der Waals surface area contributed by atoms with Gasteiger partial charge in [-0.05, 0) is 24.3 Å². The number of thiazole rings is 1. The van der Waals surface area contributed by atoms with Gasteiger partial charge in [-0.3, -0.25) is 15.1 Å². The van der Waals surface area contributed by atoms with Crippen molar-refractivity contribution in [2.75, 3.05) is 11.1 Å². The van der Waals surface area contributed by atoms with E-state index in [1.807, 2.05) is 23.6 Å². The first-order valence-corrected chi connectivity index (χ1v) is 7.00. The average molecular weight is 334 g/mol. The summed E-state index contributed by atoms with van der Waals surface area (Å²) in [6, 6.07) is 8.78. The van der Waals surface area contributed by atoms with Crippen LogP contribution in [-0.4, -0.2) is 20.9 Å². The van der Waals surface area contributed by atoms with Crippen LogP contribution in [0.5, 0.6) is 0 Å². The third-order valence-corrected chi connectivity index (χ3v) is 3.43. The Balaban J connectivity index is 0.00000176. The lowest BCUT2D eigenvalue weighted by Crippen LogP contribution is -2.13. The molecule has 0 unspecified atom stereocenters. The van der Waals surface area contributed by atoms with Crippen LogP contribution in [-0.2, 0) is 0 Å². The van der Waals surface area contributed by atoms with Gasteiger partial charge in [-0.15, -0.1) is 23.7 Å². The zero-order chi connectivity index (χ0) is 14.7. The Hall–Kier alpha value is -2.51. The van der Waals surface area contributed by atoms with Gasteiger partial charge in [-0.25, -0.2) is 9.97 Å². The van der Waals surface area contributed by atoms with Gasteiger partial charge in [0.1, 0.15) is 11.4 Å². The van der Waals surface area contributed by atoms with E-state index in [1.165, 1.54) is 17.5 Å². The first-order chi connectivity index (χ1) is 10.2. The van der Waals surface area contributed by atoms with Crippen molar-refractivity contribution in [1.82, 2.24) is 15.0 Å². The molecule has 22 heavy (non-hydrogen) atoms. The van der Waals surface area contributed by atoms with Gasteiger partial charge in [0, 0.05) is 11.6 Å². The van der Waals surface area contributed by atoms with Gasteiger partial charge in [0.05, 0.1) is 17.6 Å². The molecule has 3 rings (SSSR count). The highest BCUT2D eigenvalue weighted by Crippen LogP contribution is 2.23. The highest BCUT2D eigenvalue weighted by Gasteiger charge is 2.11. The summed E-state index contributed by atoms with van der Waals surface area (Å²) in [5.41, 5.74) is 7.83. The van der Waals surface area contributed by atoms with Gasteiger partial charge in [-0.1, -0.05) is 6.07 Å². The minimum absolute atomic E-state index is 0. The number of carbonyl (C=O) groups excluding carboxylic acids is 1. The minimum Gasteiger partial charge on any atom is -0.397 e. The molecule has 3 N–H and O–H groups in total. The van der Waals surface area contributed by atoms with Crippen LogP contribution in [0.1, 0.15) is 10.5 Å². The number of anilines is 2. The number of nitrogens with zero attached hydrogens (tertiary/aromatic N) is 3. The highest BCUT2D eigenvalue weighted by atomic mass is 35.5. The minimum atomic E-state index is -0.322. The van der Waals surface area contributed by atoms with Gasteiger partial charge in [-0.2, -0.15) is 0 Å². The van der Waals surface area contributed by atoms with E-state index in [0.717, 1.165) is 11.4 Å². The summed E-state index contributed by atoms with van der Waals surface area (Å²) in [5.74, 6) is -0.322. The van der Waals surface area contributed by atoms with E-state index < -0.39 is 0 Å². The van der Waals surface area contributed by atoms with E-state index in [9.17, 15) is 4.79 Å². The standard InChI is InChI=1S/C14H11N5OS.ClH/c15-9-4-5-11(17-7-9)13(20)19-14-18-12(8-21-14)10-3-1-2-6-16-10;/h1-8H,15H2,(H,18,19,20);1H. The normalized spacial score (nSPS) is 9.82. The maximum atomic E-state index is 12.0. The molecular formula is C14H12ClN5OS. The Morgan fingerprint density at radius 3 is 2.68 bits per heavy atom. The summed E-state index contributed by atoms with van der Waals surface area (Å²) < 4.78 is 0. The van der Waals surface area contributed by atoms with Crippen molar-refractivity contribution >= 4 is 40.5 Å². The first-order valence-electron chi connectivity index (χ1n) is 6.12. The zero-order valence-electron chi connectivity index (χ0n) is 11.3. The van der Waals surface area contributed by atoms with E-state index in [1.54, 1.807) is 18.3 Å². The molecule has 0 spiro atoms. The van der Waals surface area contributed by atoms with E-state index in [2.05, 4.69) is 20.3 Å². The van der Waals surface area contributed by atoms with Gasteiger partial charge in [0.2, 0.25) is 0 Å². The third kappa shape index (κ3) is 3.57. The lowest BCUT2D eigenvalue weighted by atomic mass is 10.3. The topological polar surface area (TPSA) is 93.8 Å². The molecule has 112 valence electrons. The second-order valence-electron chi connectivity index (χ2n) is 4.18. The number of carbonyl (C=O) groups is 1. The monoisotopic (exact) mass is 333 g/mol. The van der Waals surface area contributed by atoms with E-state index in [4.69, 9.17) is 5.73 Å². The lowest BCUT2D eigenvalue weighted by Gasteiger charge is -2.01. The van der Waals surface area contributed by atoms with Crippen molar-refractivity contribution in [3.8, 4) is 11.4 Å².